The molecule has 0 bridgehead atoms. The van der Waals surface area contributed by atoms with Crippen molar-refractivity contribution < 1.29 is 23.4 Å². The van der Waals surface area contributed by atoms with Crippen LogP contribution in [0, 0.1) is 11.6 Å². The summed E-state index contributed by atoms with van der Waals surface area (Å²) in [6.07, 6.45) is 2.38. The standard InChI is InChI=1S/C15H18F2O3/c16-12-2-1-11(13(17)9-12)10-14(18)3-5-15(6-4-14)19-7-8-20-15/h1-2,9,18H,3-8,10H2. The summed E-state index contributed by atoms with van der Waals surface area (Å²) in [4.78, 5) is 0. The highest BCUT2D eigenvalue weighted by molar-refractivity contribution is 5.21. The van der Waals surface area contributed by atoms with Crippen molar-refractivity contribution in [2.45, 2.75) is 43.5 Å². The number of benzene rings is 1. The molecule has 110 valence electrons. The second-order valence-electron chi connectivity index (χ2n) is 5.74. The number of halogens is 2. The first kappa shape index (κ1) is 13.9. The van der Waals surface area contributed by atoms with E-state index in [9.17, 15) is 13.9 Å². The Kier molecular flexibility index (Phi) is 3.52. The highest BCUT2D eigenvalue weighted by Crippen LogP contribution is 2.41. The van der Waals surface area contributed by atoms with Crippen molar-refractivity contribution in [2.24, 2.45) is 0 Å². The third-order valence-electron chi connectivity index (χ3n) is 4.29. The molecule has 1 N–H and O–H groups in total. The van der Waals surface area contributed by atoms with Gasteiger partial charge in [-0.2, -0.15) is 0 Å². The predicted molar refractivity (Wildman–Crippen MR) is 68.1 cm³/mol. The van der Waals surface area contributed by atoms with Crippen LogP contribution in [0.15, 0.2) is 18.2 Å². The van der Waals surface area contributed by atoms with Gasteiger partial charge in [0.25, 0.3) is 0 Å². The maximum atomic E-state index is 13.7. The summed E-state index contributed by atoms with van der Waals surface area (Å²) in [6.45, 7) is 1.18. The van der Waals surface area contributed by atoms with E-state index in [1.54, 1.807) is 0 Å². The van der Waals surface area contributed by atoms with Gasteiger partial charge in [-0.15, -0.1) is 0 Å². The van der Waals surface area contributed by atoms with Crippen LogP contribution >= 0.6 is 0 Å². The summed E-state index contributed by atoms with van der Waals surface area (Å²) in [5, 5.41) is 10.6. The molecule has 3 nitrogen and oxygen atoms in total. The number of hydrogen-bond donors (Lipinski definition) is 1. The van der Waals surface area contributed by atoms with Crippen molar-refractivity contribution in [3.63, 3.8) is 0 Å². The summed E-state index contributed by atoms with van der Waals surface area (Å²) in [5.74, 6) is -1.76. The van der Waals surface area contributed by atoms with E-state index < -0.39 is 23.0 Å². The zero-order chi connectivity index (χ0) is 14.2. The molecule has 0 atom stereocenters. The molecule has 1 aliphatic carbocycles. The van der Waals surface area contributed by atoms with E-state index in [1.165, 1.54) is 12.1 Å². The fourth-order valence-electron chi connectivity index (χ4n) is 3.08. The quantitative estimate of drug-likeness (QED) is 0.907. The van der Waals surface area contributed by atoms with Gasteiger partial charge in [0.05, 0.1) is 18.8 Å². The largest absolute Gasteiger partial charge is 0.390 e. The van der Waals surface area contributed by atoms with Crippen LogP contribution in [0.1, 0.15) is 31.2 Å². The molecular weight excluding hydrogens is 266 g/mol. The Morgan fingerprint density at radius 2 is 1.70 bits per heavy atom. The van der Waals surface area contributed by atoms with Crippen LogP contribution in [0.5, 0.6) is 0 Å². The lowest BCUT2D eigenvalue weighted by Gasteiger charge is -2.40. The zero-order valence-corrected chi connectivity index (χ0v) is 11.2. The molecule has 0 aromatic heterocycles. The fourth-order valence-corrected chi connectivity index (χ4v) is 3.08. The first-order chi connectivity index (χ1) is 9.50. The minimum absolute atomic E-state index is 0.190. The lowest BCUT2D eigenvalue weighted by Crippen LogP contribution is -2.44. The van der Waals surface area contributed by atoms with E-state index in [0.717, 1.165) is 6.07 Å². The Morgan fingerprint density at radius 1 is 1.05 bits per heavy atom. The SMILES string of the molecule is OC1(Cc2ccc(F)cc2F)CCC2(CC1)OCCO2. The third-order valence-corrected chi connectivity index (χ3v) is 4.29. The lowest BCUT2D eigenvalue weighted by atomic mass is 9.78. The molecule has 1 heterocycles. The molecular formula is C15H18F2O3. The Labute approximate surface area is 116 Å². The van der Waals surface area contributed by atoms with Crippen LogP contribution in [-0.2, 0) is 15.9 Å². The maximum absolute atomic E-state index is 13.7. The summed E-state index contributed by atoms with van der Waals surface area (Å²) in [6, 6.07) is 3.47. The van der Waals surface area contributed by atoms with Gasteiger partial charge >= 0.3 is 0 Å². The first-order valence-electron chi connectivity index (χ1n) is 6.95. The Morgan fingerprint density at radius 3 is 2.30 bits per heavy atom. The van der Waals surface area contributed by atoms with Gasteiger partial charge in [-0.05, 0) is 24.5 Å². The van der Waals surface area contributed by atoms with Gasteiger partial charge in [0, 0.05) is 25.3 Å². The summed E-state index contributed by atoms with van der Waals surface area (Å²) in [5.41, 5.74) is -0.628. The molecule has 1 aromatic rings. The van der Waals surface area contributed by atoms with Crippen LogP contribution in [0.2, 0.25) is 0 Å². The number of aliphatic hydroxyl groups is 1. The molecule has 1 saturated heterocycles. The van der Waals surface area contributed by atoms with Crippen molar-refractivity contribution in [1.82, 2.24) is 0 Å². The van der Waals surface area contributed by atoms with Gasteiger partial charge in [-0.3, -0.25) is 0 Å². The second-order valence-corrected chi connectivity index (χ2v) is 5.74. The maximum Gasteiger partial charge on any atom is 0.168 e. The molecule has 1 aliphatic heterocycles. The fraction of sp³-hybridized carbons (Fsp3) is 0.600. The van der Waals surface area contributed by atoms with E-state index >= 15 is 0 Å². The van der Waals surface area contributed by atoms with Gasteiger partial charge in [0.2, 0.25) is 0 Å². The zero-order valence-electron chi connectivity index (χ0n) is 11.2. The Balaban J connectivity index is 1.68. The molecule has 0 amide bonds. The predicted octanol–water partition coefficient (Wildman–Crippen LogP) is 2.56. The monoisotopic (exact) mass is 284 g/mol. The van der Waals surface area contributed by atoms with E-state index in [2.05, 4.69) is 0 Å². The molecule has 1 saturated carbocycles. The highest BCUT2D eigenvalue weighted by Gasteiger charge is 2.45. The van der Waals surface area contributed by atoms with Crippen LogP contribution in [0.25, 0.3) is 0 Å². The molecule has 0 radical (unpaired) electrons. The van der Waals surface area contributed by atoms with Crippen molar-refractivity contribution in [3.05, 3.63) is 35.4 Å². The average molecular weight is 284 g/mol. The topological polar surface area (TPSA) is 38.7 Å². The summed E-state index contributed by atoms with van der Waals surface area (Å²) in [7, 11) is 0. The van der Waals surface area contributed by atoms with Gasteiger partial charge in [-0.25, -0.2) is 8.78 Å². The Hall–Kier alpha value is -1.04. The van der Waals surface area contributed by atoms with Crippen molar-refractivity contribution >= 4 is 0 Å². The number of rotatable bonds is 2. The smallest absolute Gasteiger partial charge is 0.168 e. The summed E-state index contributed by atoms with van der Waals surface area (Å²) < 4.78 is 37.8. The molecule has 5 heteroatoms. The normalized spacial score (nSPS) is 24.1. The van der Waals surface area contributed by atoms with Crippen molar-refractivity contribution in [2.75, 3.05) is 13.2 Å². The van der Waals surface area contributed by atoms with Gasteiger partial charge in [-0.1, -0.05) is 6.07 Å². The molecule has 20 heavy (non-hydrogen) atoms. The van der Waals surface area contributed by atoms with Crippen LogP contribution in [0.4, 0.5) is 8.78 Å². The molecule has 1 aromatic carbocycles. The van der Waals surface area contributed by atoms with E-state index in [1.807, 2.05) is 0 Å². The highest BCUT2D eigenvalue weighted by atomic mass is 19.1. The molecule has 1 spiro atoms. The van der Waals surface area contributed by atoms with E-state index in [-0.39, 0.29) is 6.42 Å². The minimum Gasteiger partial charge on any atom is -0.390 e. The molecule has 0 unspecified atom stereocenters. The third kappa shape index (κ3) is 2.71. The summed E-state index contributed by atoms with van der Waals surface area (Å²) >= 11 is 0. The van der Waals surface area contributed by atoms with Crippen molar-refractivity contribution in [3.8, 4) is 0 Å². The van der Waals surface area contributed by atoms with Crippen LogP contribution < -0.4 is 0 Å². The number of hydrogen-bond acceptors (Lipinski definition) is 3. The lowest BCUT2D eigenvalue weighted by molar-refractivity contribution is -0.202. The Bertz CT molecular complexity index is 488. The van der Waals surface area contributed by atoms with Crippen LogP contribution in [-0.4, -0.2) is 29.7 Å². The molecule has 3 rings (SSSR count). The molecule has 2 fully saturated rings. The van der Waals surface area contributed by atoms with Gasteiger partial charge in [0.1, 0.15) is 11.6 Å². The van der Waals surface area contributed by atoms with Crippen molar-refractivity contribution in [1.29, 1.82) is 0 Å². The van der Waals surface area contributed by atoms with E-state index in [4.69, 9.17) is 9.47 Å². The second kappa shape index (κ2) is 5.06. The van der Waals surface area contributed by atoms with Gasteiger partial charge in [0.15, 0.2) is 5.79 Å². The molecule has 2 aliphatic rings. The van der Waals surface area contributed by atoms with Crippen LogP contribution in [0.3, 0.4) is 0 Å². The number of ether oxygens (including phenoxy) is 2. The first-order valence-corrected chi connectivity index (χ1v) is 6.95. The van der Waals surface area contributed by atoms with Gasteiger partial charge < -0.3 is 14.6 Å². The average Bonchev–Trinajstić information content (AvgIpc) is 2.87. The van der Waals surface area contributed by atoms with E-state index in [0.29, 0.717) is 44.5 Å². The minimum atomic E-state index is -0.973.